The van der Waals surface area contributed by atoms with Crippen molar-refractivity contribution in [3.8, 4) is 0 Å². The van der Waals surface area contributed by atoms with Gasteiger partial charge in [-0.15, -0.1) is 0 Å². The van der Waals surface area contributed by atoms with Crippen LogP contribution in [0.2, 0.25) is 0 Å². The third kappa shape index (κ3) is 35.8. The van der Waals surface area contributed by atoms with E-state index < -0.39 is 95.6 Å². The molecule has 0 aromatic rings. The molecule has 0 bridgehead atoms. The van der Waals surface area contributed by atoms with E-state index in [0.717, 1.165) is 0 Å². The number of halogens is 6. The Morgan fingerprint density at radius 2 is 0.800 bits per heavy atom. The summed E-state index contributed by atoms with van der Waals surface area (Å²) in [5.41, 5.74) is -3.79. The van der Waals surface area contributed by atoms with Crippen molar-refractivity contribution in [2.24, 2.45) is 16.2 Å². The molecule has 0 rings (SSSR count). The van der Waals surface area contributed by atoms with Gasteiger partial charge in [-0.25, -0.2) is 12.6 Å². The second-order valence-electron chi connectivity index (χ2n) is 10.3. The Hall–Kier alpha value is -0.920. The van der Waals surface area contributed by atoms with Crippen LogP contribution >= 0.6 is 0 Å². The summed E-state index contributed by atoms with van der Waals surface area (Å²) in [5, 5.41) is 0. The Balaban J connectivity index is -0.000000481. The molecule has 14 nitrogen and oxygen atoms in total. The van der Waals surface area contributed by atoms with E-state index in [1.807, 2.05) is 0 Å². The molecule has 0 aromatic heterocycles. The first-order chi connectivity index (χ1) is 17.2. The maximum Gasteiger partial charge on any atom is 0.411 e. The Morgan fingerprint density at radius 3 is 1.04 bits per heavy atom. The number of ether oxygens (including phenoxy) is 4. The van der Waals surface area contributed by atoms with Crippen molar-refractivity contribution >= 4 is 20.8 Å². The monoisotopic (exact) mass is 731 g/mol. The average Bonchev–Trinajstić information content (AvgIpc) is 2.68. The third-order valence-electron chi connectivity index (χ3n) is 4.43. The predicted octanol–water partition coefficient (Wildman–Crippen LogP) is 5.81. The summed E-state index contributed by atoms with van der Waals surface area (Å²) >= 11 is 0. The van der Waals surface area contributed by atoms with Crippen molar-refractivity contribution in [2.45, 2.75) is 69.8 Å². The molecule has 2 atom stereocenters. The van der Waals surface area contributed by atoms with Gasteiger partial charge in [-0.05, 0) is 0 Å². The maximum absolute atomic E-state index is 12.4. The fourth-order valence-corrected chi connectivity index (χ4v) is 3.56. The Morgan fingerprint density at radius 1 is 0.533 bits per heavy atom. The van der Waals surface area contributed by atoms with E-state index in [2.05, 4.69) is 17.8 Å². The SMILES string of the molecule is C.C.C.C.CC(C)(COCC(C)(COCC(F)(F)F)COS(=O)(=O)[O-])COCC(C)(COCC(F)(F)F)COS(=O)(=O)O.[NH4+].[NH4+]. The molecular formula is C23H57F6N2O12S2+. The van der Waals surface area contributed by atoms with Gasteiger partial charge in [-0.3, -0.25) is 8.74 Å². The van der Waals surface area contributed by atoms with Crippen molar-refractivity contribution in [1.29, 1.82) is 0 Å². The van der Waals surface area contributed by atoms with Gasteiger partial charge in [0.05, 0.1) is 52.9 Å². The lowest BCUT2D eigenvalue weighted by atomic mass is 9.92. The van der Waals surface area contributed by atoms with E-state index in [1.54, 1.807) is 13.8 Å². The minimum Gasteiger partial charge on any atom is -0.726 e. The molecule has 0 fully saturated rings. The van der Waals surface area contributed by atoms with Crippen LogP contribution in [0.5, 0.6) is 0 Å². The molecule has 45 heavy (non-hydrogen) atoms. The highest BCUT2D eigenvalue weighted by Gasteiger charge is 2.35. The number of hydrogen-bond acceptors (Lipinski definition) is 11. The van der Waals surface area contributed by atoms with Gasteiger partial charge in [0.25, 0.3) is 0 Å². The lowest BCUT2D eigenvalue weighted by Crippen LogP contribution is -2.39. The molecule has 0 spiro atoms. The zero-order valence-electron chi connectivity index (χ0n) is 23.6. The predicted molar refractivity (Wildman–Crippen MR) is 157 cm³/mol. The van der Waals surface area contributed by atoms with Gasteiger partial charge in [0, 0.05) is 16.2 Å². The first-order valence-corrected chi connectivity index (χ1v) is 13.6. The van der Waals surface area contributed by atoms with Crippen LogP contribution in [0.3, 0.4) is 0 Å². The van der Waals surface area contributed by atoms with E-state index in [4.69, 9.17) is 14.0 Å². The van der Waals surface area contributed by atoms with E-state index >= 15 is 0 Å². The number of alkyl halides is 6. The molecule has 0 aliphatic heterocycles. The van der Waals surface area contributed by atoms with Crippen LogP contribution in [0.25, 0.3) is 0 Å². The number of hydrogen-bond donors (Lipinski definition) is 3. The highest BCUT2D eigenvalue weighted by atomic mass is 32.3. The summed E-state index contributed by atoms with van der Waals surface area (Å²) < 4.78 is 166. The largest absolute Gasteiger partial charge is 0.726 e. The minimum absolute atomic E-state index is 0. The summed E-state index contributed by atoms with van der Waals surface area (Å²) in [6.45, 7) is -1.53. The van der Waals surface area contributed by atoms with Crippen molar-refractivity contribution in [3.05, 3.63) is 0 Å². The second kappa shape index (κ2) is 23.4. The van der Waals surface area contributed by atoms with E-state index in [-0.39, 0.29) is 61.8 Å². The Kier molecular flexibility index (Phi) is 31.0. The average molecular weight is 732 g/mol. The molecule has 0 aliphatic rings. The van der Waals surface area contributed by atoms with Crippen LogP contribution in [-0.2, 0) is 48.1 Å². The fraction of sp³-hybridized carbons (Fsp3) is 1.00. The quantitative estimate of drug-likeness (QED) is 0.0764. The normalized spacial score (nSPS) is 14.8. The molecule has 22 heteroatoms. The Bertz CT molecular complexity index is 881. The molecule has 0 heterocycles. The van der Waals surface area contributed by atoms with E-state index in [9.17, 15) is 47.7 Å². The number of rotatable bonds is 20. The molecule has 0 aromatic carbocycles. The first kappa shape index (κ1) is 59.5. The van der Waals surface area contributed by atoms with Crippen molar-refractivity contribution in [3.63, 3.8) is 0 Å². The molecule has 9 N–H and O–H groups in total. The summed E-state index contributed by atoms with van der Waals surface area (Å²) in [5.74, 6) is 0. The Labute approximate surface area is 264 Å². The van der Waals surface area contributed by atoms with Crippen LogP contribution in [0, 0.1) is 16.2 Å². The van der Waals surface area contributed by atoms with E-state index in [0.29, 0.717) is 0 Å². The van der Waals surface area contributed by atoms with Gasteiger partial charge in [0.2, 0.25) is 10.4 Å². The van der Waals surface area contributed by atoms with Crippen LogP contribution in [0.4, 0.5) is 26.3 Å². The minimum atomic E-state index is -5.16. The lowest BCUT2D eigenvalue weighted by Gasteiger charge is -2.33. The van der Waals surface area contributed by atoms with Crippen LogP contribution < -0.4 is 12.3 Å². The van der Waals surface area contributed by atoms with E-state index in [1.165, 1.54) is 13.8 Å². The van der Waals surface area contributed by atoms with Gasteiger partial charge in [-0.2, -0.15) is 34.8 Å². The van der Waals surface area contributed by atoms with Crippen molar-refractivity contribution < 1.29 is 79.6 Å². The smallest absolute Gasteiger partial charge is 0.411 e. The molecule has 0 aliphatic carbocycles. The number of quaternary nitrogens is 2. The van der Waals surface area contributed by atoms with Crippen LogP contribution in [-0.4, -0.2) is 104 Å². The maximum atomic E-state index is 12.4. The standard InChI is InChI=1S/C19H34F6O12S2.4CH4.2H3N/c1-15(2,5-32-7-16(3,11-36-38(26,27)28)9-34-13-18(20,21)22)6-33-8-17(4,12-37-39(29,30)31)10-35-14-19(23,24)25;;;;;;/h5-14H2,1-4H3,(H,26,27,28)(H,29,30,31);4*1H4;2*1H3/p+1. The van der Waals surface area contributed by atoms with Gasteiger partial charge < -0.3 is 35.8 Å². The topological polar surface area (TPSA) is 240 Å². The molecule has 0 saturated carbocycles. The van der Waals surface area contributed by atoms with Crippen molar-refractivity contribution in [1.82, 2.24) is 12.3 Å². The van der Waals surface area contributed by atoms with Gasteiger partial charge in [-0.1, -0.05) is 57.4 Å². The molecule has 0 amide bonds. The zero-order valence-corrected chi connectivity index (χ0v) is 25.2. The van der Waals surface area contributed by atoms with Crippen molar-refractivity contribution in [2.75, 3.05) is 66.1 Å². The molecule has 0 radical (unpaired) electrons. The highest BCUT2D eigenvalue weighted by Crippen LogP contribution is 2.26. The van der Waals surface area contributed by atoms with Gasteiger partial charge in [0.15, 0.2) is 0 Å². The van der Waals surface area contributed by atoms with Gasteiger partial charge >= 0.3 is 22.8 Å². The van der Waals surface area contributed by atoms with Gasteiger partial charge in [0.1, 0.15) is 13.2 Å². The fourth-order valence-electron chi connectivity index (χ4n) is 2.70. The second-order valence-corrected chi connectivity index (χ2v) is 12.5. The molecule has 0 saturated heterocycles. The summed E-state index contributed by atoms with van der Waals surface area (Å²) in [4.78, 5) is 0. The summed E-state index contributed by atoms with van der Waals surface area (Å²) in [6, 6.07) is 0. The van der Waals surface area contributed by atoms with Crippen LogP contribution in [0.1, 0.15) is 57.4 Å². The lowest BCUT2D eigenvalue weighted by molar-refractivity contribution is -0.185. The summed E-state index contributed by atoms with van der Waals surface area (Å²) in [6.07, 6.45) is -9.31. The first-order valence-electron chi connectivity index (χ1n) is 10.9. The van der Waals surface area contributed by atoms with Crippen LogP contribution in [0.15, 0.2) is 0 Å². The zero-order chi connectivity index (χ0) is 30.8. The molecule has 284 valence electrons. The highest BCUT2D eigenvalue weighted by molar-refractivity contribution is 7.81. The third-order valence-corrected chi connectivity index (χ3v) is 5.25. The molecular weight excluding hydrogens is 674 g/mol. The molecule has 2 unspecified atom stereocenters. The summed E-state index contributed by atoms with van der Waals surface area (Å²) in [7, 11) is -10.1.